The van der Waals surface area contributed by atoms with Crippen LogP contribution in [0.3, 0.4) is 0 Å². The van der Waals surface area contributed by atoms with E-state index in [1.807, 2.05) is 29.3 Å². The molecule has 2 aliphatic heterocycles. The summed E-state index contributed by atoms with van der Waals surface area (Å²) in [6.07, 6.45) is 9.06. The number of nitrogens with zero attached hydrogens (tertiary/aromatic N) is 4. The Balaban J connectivity index is 1.36. The summed E-state index contributed by atoms with van der Waals surface area (Å²) in [7, 11) is 0. The molecule has 1 aromatic carbocycles. The van der Waals surface area contributed by atoms with E-state index in [0.717, 1.165) is 43.8 Å². The molecule has 3 heterocycles. The fourth-order valence-electron chi connectivity index (χ4n) is 6.75. The summed E-state index contributed by atoms with van der Waals surface area (Å²) in [6.45, 7) is 3.44. The molecule has 3 fully saturated rings. The monoisotopic (exact) mass is 436 g/mol. The minimum absolute atomic E-state index is 0.0489. The van der Waals surface area contributed by atoms with Gasteiger partial charge in [-0.25, -0.2) is 0 Å². The van der Waals surface area contributed by atoms with Crippen molar-refractivity contribution in [2.24, 2.45) is 5.92 Å². The van der Waals surface area contributed by atoms with Crippen molar-refractivity contribution >= 4 is 5.91 Å². The number of likely N-dealkylation sites (tertiary alicyclic amines) is 2. The summed E-state index contributed by atoms with van der Waals surface area (Å²) in [6, 6.07) is 7.60. The standard InChI is InChI=1S/C25H32N4O3/c30-20-5-4-19-14-22-25(32)8-13-27(23(31)17-29-10-1-9-26-29)11-6-24(25,21(19)15-20)7-12-28(22)16-18-2-3-18/h1,4-5,9-10,15,18,22,30,32H,2-3,6-8,11-14,16-17H2/t22-,24+,25-/m1/s1. The Kier molecular flexibility index (Phi) is 4.63. The first kappa shape index (κ1) is 20.2. The van der Waals surface area contributed by atoms with Gasteiger partial charge in [-0.1, -0.05) is 6.07 Å². The lowest BCUT2D eigenvalue weighted by molar-refractivity contribution is -0.149. The zero-order valence-corrected chi connectivity index (χ0v) is 18.5. The number of aromatic hydroxyl groups is 1. The second-order valence-electron chi connectivity index (χ2n) is 10.3. The van der Waals surface area contributed by atoms with Crippen LogP contribution >= 0.6 is 0 Å². The zero-order valence-electron chi connectivity index (χ0n) is 18.5. The van der Waals surface area contributed by atoms with E-state index in [2.05, 4.69) is 10.00 Å². The van der Waals surface area contributed by atoms with Gasteiger partial charge in [0.05, 0.1) is 5.60 Å². The molecule has 1 aromatic heterocycles. The number of amides is 1. The molecule has 1 amide bonds. The molecule has 170 valence electrons. The highest BCUT2D eigenvalue weighted by Crippen LogP contribution is 2.56. The van der Waals surface area contributed by atoms with Crippen molar-refractivity contribution in [1.29, 1.82) is 0 Å². The van der Waals surface area contributed by atoms with Gasteiger partial charge >= 0.3 is 0 Å². The van der Waals surface area contributed by atoms with E-state index in [-0.39, 0.29) is 24.2 Å². The number of carbonyl (C=O) groups is 1. The van der Waals surface area contributed by atoms with Crippen LogP contribution in [0, 0.1) is 5.92 Å². The van der Waals surface area contributed by atoms with Crippen molar-refractivity contribution < 1.29 is 15.0 Å². The van der Waals surface area contributed by atoms with Gasteiger partial charge in [0.2, 0.25) is 5.91 Å². The lowest BCUT2D eigenvalue weighted by Crippen LogP contribution is -2.71. The third kappa shape index (κ3) is 3.09. The van der Waals surface area contributed by atoms with E-state index >= 15 is 0 Å². The van der Waals surface area contributed by atoms with Gasteiger partial charge in [-0.3, -0.25) is 14.4 Å². The summed E-state index contributed by atoms with van der Waals surface area (Å²) in [5.74, 6) is 1.08. The van der Waals surface area contributed by atoms with Crippen LogP contribution in [0.4, 0.5) is 0 Å². The Morgan fingerprint density at radius 3 is 2.75 bits per heavy atom. The summed E-state index contributed by atoms with van der Waals surface area (Å²) in [5.41, 5.74) is 1.02. The second-order valence-corrected chi connectivity index (χ2v) is 10.3. The molecule has 2 aliphatic carbocycles. The summed E-state index contributed by atoms with van der Waals surface area (Å²) in [4.78, 5) is 17.5. The fourth-order valence-corrected chi connectivity index (χ4v) is 6.75. The topological polar surface area (TPSA) is 81.8 Å². The predicted octanol–water partition coefficient (Wildman–Crippen LogP) is 1.92. The molecule has 6 rings (SSSR count). The third-order valence-corrected chi connectivity index (χ3v) is 8.64. The number of hydrogen-bond acceptors (Lipinski definition) is 5. The highest BCUT2D eigenvalue weighted by Gasteiger charge is 2.63. The van der Waals surface area contributed by atoms with Crippen molar-refractivity contribution in [2.75, 3.05) is 26.2 Å². The number of aromatic nitrogens is 2. The quantitative estimate of drug-likeness (QED) is 0.765. The lowest BCUT2D eigenvalue weighted by atomic mass is 9.52. The van der Waals surface area contributed by atoms with Gasteiger partial charge in [-0.2, -0.15) is 5.10 Å². The van der Waals surface area contributed by atoms with E-state index in [9.17, 15) is 15.0 Å². The first-order valence-corrected chi connectivity index (χ1v) is 12.0. The van der Waals surface area contributed by atoms with E-state index in [1.165, 1.54) is 18.4 Å². The molecule has 2 saturated heterocycles. The van der Waals surface area contributed by atoms with Crippen LogP contribution in [0.5, 0.6) is 5.75 Å². The molecule has 4 aliphatic rings. The summed E-state index contributed by atoms with van der Waals surface area (Å²) < 4.78 is 1.66. The molecular formula is C25H32N4O3. The SMILES string of the molecule is O=C(Cn1cccn1)N1CC[C@]23CCN(CC4CC4)[C@H](Cc4ccc(O)cc42)[C@]3(O)CC1. The van der Waals surface area contributed by atoms with E-state index in [0.29, 0.717) is 19.5 Å². The largest absolute Gasteiger partial charge is 0.508 e. The lowest BCUT2D eigenvalue weighted by Gasteiger charge is -2.61. The van der Waals surface area contributed by atoms with Crippen LogP contribution in [-0.2, 0) is 23.2 Å². The van der Waals surface area contributed by atoms with Crippen molar-refractivity contribution in [3.05, 3.63) is 47.8 Å². The van der Waals surface area contributed by atoms with Crippen LogP contribution in [0.25, 0.3) is 0 Å². The van der Waals surface area contributed by atoms with Gasteiger partial charge in [0, 0.05) is 43.5 Å². The highest BCUT2D eigenvalue weighted by atomic mass is 16.3. The average Bonchev–Trinajstić information content (AvgIpc) is 3.48. The molecule has 7 nitrogen and oxygen atoms in total. The molecule has 2 aromatic rings. The van der Waals surface area contributed by atoms with E-state index in [4.69, 9.17) is 0 Å². The Morgan fingerprint density at radius 1 is 1.16 bits per heavy atom. The van der Waals surface area contributed by atoms with E-state index in [1.54, 1.807) is 16.9 Å². The molecule has 7 heteroatoms. The number of hydrogen-bond donors (Lipinski definition) is 2. The predicted molar refractivity (Wildman–Crippen MR) is 119 cm³/mol. The fraction of sp³-hybridized carbons (Fsp3) is 0.600. The van der Waals surface area contributed by atoms with Crippen LogP contribution in [0.15, 0.2) is 36.7 Å². The van der Waals surface area contributed by atoms with Crippen LogP contribution in [0.2, 0.25) is 0 Å². The molecule has 32 heavy (non-hydrogen) atoms. The number of piperidine rings is 1. The maximum atomic E-state index is 13.1. The number of fused-ring (bicyclic) bond motifs is 1. The molecule has 1 saturated carbocycles. The third-order valence-electron chi connectivity index (χ3n) is 8.64. The van der Waals surface area contributed by atoms with Gasteiger partial charge in [-0.15, -0.1) is 0 Å². The maximum absolute atomic E-state index is 13.1. The number of phenolic OH excluding ortho intramolecular Hbond substituents is 1. The molecule has 3 atom stereocenters. The van der Waals surface area contributed by atoms with Crippen LogP contribution in [0.1, 0.15) is 43.2 Å². The molecule has 2 bridgehead atoms. The first-order chi connectivity index (χ1) is 15.5. The molecular weight excluding hydrogens is 404 g/mol. The number of carbonyl (C=O) groups excluding carboxylic acids is 1. The minimum Gasteiger partial charge on any atom is -0.508 e. The first-order valence-electron chi connectivity index (χ1n) is 12.0. The Bertz CT molecular complexity index is 1020. The van der Waals surface area contributed by atoms with Gasteiger partial charge in [-0.05, 0) is 80.3 Å². The number of aliphatic hydroxyl groups is 1. The van der Waals surface area contributed by atoms with Crippen molar-refractivity contribution in [3.8, 4) is 5.75 Å². The van der Waals surface area contributed by atoms with Crippen LogP contribution in [-0.4, -0.2) is 73.5 Å². The highest BCUT2D eigenvalue weighted by molar-refractivity contribution is 5.76. The van der Waals surface area contributed by atoms with Gasteiger partial charge < -0.3 is 15.1 Å². The minimum atomic E-state index is -0.901. The van der Waals surface area contributed by atoms with Gasteiger partial charge in [0.15, 0.2) is 0 Å². The Morgan fingerprint density at radius 2 is 1.97 bits per heavy atom. The number of phenols is 1. The molecule has 0 radical (unpaired) electrons. The molecule has 0 unspecified atom stereocenters. The average molecular weight is 437 g/mol. The Hall–Kier alpha value is -2.38. The van der Waals surface area contributed by atoms with Crippen LogP contribution < -0.4 is 0 Å². The Labute approximate surface area is 188 Å². The van der Waals surface area contributed by atoms with Crippen molar-refractivity contribution in [2.45, 2.75) is 62.1 Å². The smallest absolute Gasteiger partial charge is 0.244 e. The summed E-state index contributed by atoms with van der Waals surface area (Å²) >= 11 is 0. The number of benzene rings is 1. The normalized spacial score (nSPS) is 32.2. The van der Waals surface area contributed by atoms with Crippen molar-refractivity contribution in [3.63, 3.8) is 0 Å². The molecule has 0 spiro atoms. The maximum Gasteiger partial charge on any atom is 0.244 e. The van der Waals surface area contributed by atoms with Gasteiger partial charge in [0.1, 0.15) is 12.3 Å². The van der Waals surface area contributed by atoms with Crippen molar-refractivity contribution in [1.82, 2.24) is 19.6 Å². The van der Waals surface area contributed by atoms with Gasteiger partial charge in [0.25, 0.3) is 0 Å². The van der Waals surface area contributed by atoms with E-state index < -0.39 is 11.0 Å². The zero-order chi connectivity index (χ0) is 21.9. The molecule has 2 N–H and O–H groups in total. The number of rotatable bonds is 4. The second kappa shape index (κ2) is 7.32. The summed E-state index contributed by atoms with van der Waals surface area (Å²) in [5, 5.41) is 27.0.